The summed E-state index contributed by atoms with van der Waals surface area (Å²) in [6.45, 7) is -0.213. The second-order valence-corrected chi connectivity index (χ2v) is 10.3. The van der Waals surface area contributed by atoms with Gasteiger partial charge in [-0.25, -0.2) is 0 Å². The molecule has 2 heterocycles. The average Bonchev–Trinajstić information content (AvgIpc) is 2.78. The number of benzene rings is 2. The Bertz CT molecular complexity index is 1100. The molecule has 2 N–H and O–H groups in total. The van der Waals surface area contributed by atoms with Crippen LogP contribution in [0.5, 0.6) is 5.75 Å². The van der Waals surface area contributed by atoms with E-state index >= 15 is 0 Å². The van der Waals surface area contributed by atoms with Crippen molar-refractivity contribution in [2.75, 3.05) is 12.3 Å². The van der Waals surface area contributed by atoms with Crippen molar-refractivity contribution in [2.45, 2.75) is 33.8 Å². The van der Waals surface area contributed by atoms with E-state index < -0.39 is 40.2 Å². The van der Waals surface area contributed by atoms with Crippen LogP contribution in [0.4, 0.5) is 13.2 Å². The van der Waals surface area contributed by atoms with Gasteiger partial charge >= 0.3 is 12.3 Å². The van der Waals surface area contributed by atoms with Gasteiger partial charge in [0.15, 0.2) is 0 Å². The van der Waals surface area contributed by atoms with Crippen molar-refractivity contribution in [3.05, 3.63) is 60.2 Å². The van der Waals surface area contributed by atoms with Gasteiger partial charge in [0.05, 0.1) is 11.3 Å². The first-order valence-electron chi connectivity index (χ1n) is 10.1. The number of carboxylic acid groups (broad SMARTS) is 1. The maximum atomic E-state index is 12.8. The van der Waals surface area contributed by atoms with Gasteiger partial charge in [0.1, 0.15) is 21.9 Å². The minimum absolute atomic E-state index is 0.00182. The van der Waals surface area contributed by atoms with Gasteiger partial charge in [-0.15, -0.1) is 36.7 Å². The number of thioether (sulfide) groups is 2. The van der Waals surface area contributed by atoms with Crippen molar-refractivity contribution in [2.24, 2.45) is 0 Å². The fourth-order valence-electron chi connectivity index (χ4n) is 3.75. The Morgan fingerprint density at radius 3 is 2.53 bits per heavy atom. The molecule has 0 radical (unpaired) electrons. The lowest BCUT2D eigenvalue weighted by Gasteiger charge is -2.53. The van der Waals surface area contributed by atoms with Crippen molar-refractivity contribution >= 4 is 41.3 Å². The lowest BCUT2D eigenvalue weighted by molar-refractivity contribution is -0.275. The summed E-state index contributed by atoms with van der Waals surface area (Å²) in [5.41, 5.74) is 0.793. The molecule has 1 unspecified atom stereocenters. The Labute approximate surface area is 201 Å². The first-order chi connectivity index (χ1) is 16.1. The van der Waals surface area contributed by atoms with Gasteiger partial charge in [-0.2, -0.15) is 0 Å². The van der Waals surface area contributed by atoms with Gasteiger partial charge in [0.2, 0.25) is 11.8 Å². The van der Waals surface area contributed by atoms with E-state index in [-0.39, 0.29) is 29.5 Å². The number of hydrogen-bond acceptors (Lipinski definition) is 6. The van der Waals surface area contributed by atoms with Crippen molar-refractivity contribution in [3.63, 3.8) is 0 Å². The highest BCUT2D eigenvalue weighted by Crippen LogP contribution is 2.48. The third-order valence-corrected chi connectivity index (χ3v) is 8.45. The van der Waals surface area contributed by atoms with Crippen LogP contribution in [-0.2, 0) is 20.8 Å². The van der Waals surface area contributed by atoms with E-state index in [1.165, 1.54) is 34.9 Å². The molecule has 180 valence electrons. The van der Waals surface area contributed by atoms with Crippen LogP contribution in [0.2, 0.25) is 0 Å². The van der Waals surface area contributed by atoms with Gasteiger partial charge in [-0.1, -0.05) is 42.5 Å². The third-order valence-electron chi connectivity index (χ3n) is 5.35. The van der Waals surface area contributed by atoms with Crippen molar-refractivity contribution in [1.29, 1.82) is 0 Å². The predicted octanol–water partition coefficient (Wildman–Crippen LogP) is 3.14. The second kappa shape index (κ2) is 9.41. The molecule has 0 aromatic heterocycles. The molecule has 12 heteroatoms. The van der Waals surface area contributed by atoms with Crippen LogP contribution >= 0.6 is 23.5 Å². The molecule has 0 bridgehead atoms. The molecule has 0 saturated carbocycles. The number of amides is 2. The zero-order chi connectivity index (χ0) is 24.5. The maximum Gasteiger partial charge on any atom is 0.573 e. The van der Waals surface area contributed by atoms with Crippen molar-refractivity contribution in [3.8, 4) is 5.75 Å². The van der Waals surface area contributed by atoms with Crippen molar-refractivity contribution in [1.82, 2.24) is 10.2 Å². The molecule has 4 rings (SSSR count). The van der Waals surface area contributed by atoms with Crippen LogP contribution in [0.1, 0.15) is 5.56 Å². The minimum Gasteiger partial charge on any atom is -0.480 e. The number of halogens is 3. The molecule has 34 heavy (non-hydrogen) atoms. The van der Waals surface area contributed by atoms with Crippen LogP contribution in [0.25, 0.3) is 0 Å². The number of alkyl halides is 3. The molecule has 3 atom stereocenters. The summed E-state index contributed by atoms with van der Waals surface area (Å²) >= 11 is 1.89. The first kappa shape index (κ1) is 24.3. The number of para-hydroxylation sites is 1. The third kappa shape index (κ3) is 5.12. The summed E-state index contributed by atoms with van der Waals surface area (Å²) in [5.74, 6) is -2.49. The Morgan fingerprint density at radius 2 is 1.85 bits per heavy atom. The van der Waals surface area contributed by atoms with Crippen LogP contribution in [0, 0.1) is 0 Å². The Hall–Kier alpha value is -2.86. The monoisotopic (exact) mass is 512 g/mol. The fraction of sp³-hybridized carbons (Fsp3) is 0.318. The summed E-state index contributed by atoms with van der Waals surface area (Å²) in [6.07, 6.45) is -4.83. The van der Waals surface area contributed by atoms with E-state index in [9.17, 15) is 32.7 Å². The van der Waals surface area contributed by atoms with Crippen LogP contribution in [0.15, 0.2) is 59.5 Å². The lowest BCUT2D eigenvalue weighted by atomic mass is 10.0. The topological polar surface area (TPSA) is 95.9 Å². The SMILES string of the molecule is O=C(Cc1ccccc1)N[C@@H]1C(=O)N2CC(Sc3ccccc3OC(F)(F)F)(C(=O)O)CS[C@H]12. The Morgan fingerprint density at radius 1 is 1.18 bits per heavy atom. The summed E-state index contributed by atoms with van der Waals surface area (Å²) in [4.78, 5) is 38.7. The fourth-order valence-corrected chi connectivity index (χ4v) is 6.64. The molecular weight excluding hydrogens is 493 g/mol. The summed E-state index contributed by atoms with van der Waals surface area (Å²) in [7, 11) is 0. The number of nitrogens with zero attached hydrogens (tertiary/aromatic N) is 1. The largest absolute Gasteiger partial charge is 0.573 e. The van der Waals surface area contributed by atoms with Crippen LogP contribution in [0.3, 0.4) is 0 Å². The van der Waals surface area contributed by atoms with E-state index in [1.54, 1.807) is 24.3 Å². The van der Waals surface area contributed by atoms with E-state index in [4.69, 9.17) is 0 Å². The molecule has 2 aromatic carbocycles. The van der Waals surface area contributed by atoms with E-state index in [0.717, 1.165) is 23.4 Å². The molecule has 2 saturated heterocycles. The quantitative estimate of drug-likeness (QED) is 0.551. The standard InChI is InChI=1S/C22H19F3N2O5S2/c23-22(24,25)32-14-8-4-5-9-15(14)34-21(20(30)31)11-27-18(29)17(19(27)33-12-21)26-16(28)10-13-6-2-1-3-7-13/h1-9,17,19H,10-12H2,(H,26,28)(H,30,31)/t17-,19-,21?/m1/s1. The zero-order valence-corrected chi connectivity index (χ0v) is 19.1. The molecule has 7 nitrogen and oxygen atoms in total. The number of fused-ring (bicyclic) bond motifs is 1. The Balaban J connectivity index is 1.45. The number of nitrogens with one attached hydrogen (secondary N) is 1. The first-order valence-corrected chi connectivity index (χ1v) is 12.0. The second-order valence-electron chi connectivity index (χ2n) is 7.77. The predicted molar refractivity (Wildman–Crippen MR) is 119 cm³/mol. The van der Waals surface area contributed by atoms with Gasteiger partial charge in [0, 0.05) is 12.3 Å². The molecule has 2 aliphatic heterocycles. The normalized spacial score (nSPS) is 24.1. The molecule has 2 fully saturated rings. The van der Waals surface area contributed by atoms with E-state index in [2.05, 4.69) is 10.1 Å². The molecule has 2 amide bonds. The number of carbonyl (C=O) groups is 3. The number of hydrogen-bond donors (Lipinski definition) is 2. The highest BCUT2D eigenvalue weighted by Gasteiger charge is 2.58. The van der Waals surface area contributed by atoms with Crippen LogP contribution < -0.4 is 10.1 Å². The van der Waals surface area contributed by atoms with Gasteiger partial charge in [0.25, 0.3) is 0 Å². The molecular formula is C22H19F3N2O5S2. The highest BCUT2D eigenvalue weighted by molar-refractivity contribution is 8.05. The lowest BCUT2D eigenvalue weighted by Crippen LogP contribution is -2.74. The molecule has 0 aliphatic carbocycles. The number of carboxylic acids is 1. The average molecular weight is 513 g/mol. The van der Waals surface area contributed by atoms with Gasteiger partial charge in [-0.05, 0) is 17.7 Å². The number of rotatable bonds is 7. The number of carbonyl (C=O) groups excluding carboxylic acids is 2. The molecule has 0 spiro atoms. The maximum absolute atomic E-state index is 12.8. The Kier molecular flexibility index (Phi) is 6.72. The molecule has 2 aromatic rings. The van der Waals surface area contributed by atoms with Crippen molar-refractivity contribution < 1.29 is 37.4 Å². The highest BCUT2D eigenvalue weighted by atomic mass is 32.2. The minimum atomic E-state index is -4.93. The van der Waals surface area contributed by atoms with Crippen LogP contribution in [-0.4, -0.2) is 62.6 Å². The number of ether oxygens (including phenoxy) is 1. The van der Waals surface area contributed by atoms with Gasteiger partial charge < -0.3 is 20.1 Å². The summed E-state index contributed by atoms with van der Waals surface area (Å²) in [6, 6.07) is 13.5. The number of aliphatic carboxylic acids is 1. The van der Waals surface area contributed by atoms with Gasteiger partial charge in [-0.3, -0.25) is 14.4 Å². The summed E-state index contributed by atoms with van der Waals surface area (Å²) in [5, 5.41) is 12.2. The number of β-lactam (4-membered cyclic amide) rings is 1. The molecule has 2 aliphatic rings. The summed E-state index contributed by atoms with van der Waals surface area (Å²) < 4.78 is 40.8. The van der Waals surface area contributed by atoms with E-state index in [0.29, 0.717) is 0 Å². The zero-order valence-electron chi connectivity index (χ0n) is 17.4. The smallest absolute Gasteiger partial charge is 0.480 e. The van der Waals surface area contributed by atoms with E-state index in [1.807, 2.05) is 6.07 Å².